The number of amides is 1. The molecule has 166 valence electrons. The van der Waals surface area contributed by atoms with Crippen molar-refractivity contribution >= 4 is 45.5 Å². The number of fused-ring (bicyclic) bond motifs is 1. The van der Waals surface area contributed by atoms with Gasteiger partial charge >= 0.3 is 11.9 Å². The molecule has 6 nitrogen and oxygen atoms in total. The van der Waals surface area contributed by atoms with E-state index in [0.717, 1.165) is 35.3 Å². The van der Waals surface area contributed by atoms with Gasteiger partial charge in [0.1, 0.15) is 15.4 Å². The number of hydrogen-bond acceptors (Lipinski definition) is 7. The number of aryl methyl sites for hydroxylation is 3. The zero-order valence-corrected chi connectivity index (χ0v) is 19.5. The van der Waals surface area contributed by atoms with Gasteiger partial charge in [-0.1, -0.05) is 30.3 Å². The van der Waals surface area contributed by atoms with E-state index in [-0.39, 0.29) is 6.61 Å². The van der Waals surface area contributed by atoms with Crippen molar-refractivity contribution in [2.75, 3.05) is 18.5 Å². The summed E-state index contributed by atoms with van der Waals surface area (Å²) in [6.07, 6.45) is 3.09. The summed E-state index contributed by atoms with van der Waals surface area (Å²) in [5.74, 6) is -1.51. The normalized spacial score (nSPS) is 12.3. The molecule has 1 aliphatic rings. The number of carbonyl (C=O) groups excluding carboxylic acids is 3. The molecule has 0 bridgehead atoms. The summed E-state index contributed by atoms with van der Waals surface area (Å²) in [7, 11) is 0. The van der Waals surface area contributed by atoms with Crippen molar-refractivity contribution in [3.05, 3.63) is 62.2 Å². The lowest BCUT2D eigenvalue weighted by molar-refractivity contribution is -0.119. The predicted octanol–water partition coefficient (Wildman–Crippen LogP) is 5.25. The van der Waals surface area contributed by atoms with Crippen LogP contribution in [0.2, 0.25) is 0 Å². The van der Waals surface area contributed by atoms with Crippen molar-refractivity contribution in [1.82, 2.24) is 0 Å². The van der Waals surface area contributed by atoms with Gasteiger partial charge in [-0.05, 0) is 50.3 Å². The van der Waals surface area contributed by atoms with Crippen LogP contribution in [-0.4, -0.2) is 31.1 Å². The molecule has 4 rings (SSSR count). The molecule has 8 heteroatoms. The minimum atomic E-state index is -0.506. The second-order valence-corrected chi connectivity index (χ2v) is 9.72. The van der Waals surface area contributed by atoms with Crippen molar-refractivity contribution in [2.24, 2.45) is 0 Å². The number of esters is 2. The highest BCUT2D eigenvalue weighted by Gasteiger charge is 2.26. The lowest BCUT2D eigenvalue weighted by Crippen LogP contribution is -2.21. The summed E-state index contributed by atoms with van der Waals surface area (Å²) in [5, 5.41) is 3.12. The number of anilines is 1. The SMILES string of the molecule is CCOC(=O)c1c(NC(=O)COC(=O)c2cc3c(s2)CCC3)sc(C)c1-c1ccccc1. The molecule has 1 aromatic carbocycles. The van der Waals surface area contributed by atoms with E-state index in [1.165, 1.54) is 33.1 Å². The Labute approximate surface area is 194 Å². The summed E-state index contributed by atoms with van der Waals surface area (Å²) < 4.78 is 10.5. The van der Waals surface area contributed by atoms with Crippen LogP contribution in [-0.2, 0) is 27.1 Å². The fraction of sp³-hybridized carbons (Fsp3) is 0.292. The van der Waals surface area contributed by atoms with E-state index in [0.29, 0.717) is 15.4 Å². The average Bonchev–Trinajstić information content (AvgIpc) is 3.46. The first kappa shape index (κ1) is 22.2. The minimum absolute atomic E-state index is 0.220. The maximum Gasteiger partial charge on any atom is 0.348 e. The van der Waals surface area contributed by atoms with Gasteiger partial charge in [-0.15, -0.1) is 22.7 Å². The van der Waals surface area contributed by atoms with Gasteiger partial charge in [-0.25, -0.2) is 9.59 Å². The lowest BCUT2D eigenvalue weighted by Gasteiger charge is -2.09. The Morgan fingerprint density at radius 3 is 2.53 bits per heavy atom. The molecule has 0 saturated carbocycles. The second-order valence-electron chi connectivity index (χ2n) is 7.36. The van der Waals surface area contributed by atoms with Crippen molar-refractivity contribution in [3.8, 4) is 11.1 Å². The number of hydrogen-bond donors (Lipinski definition) is 1. The quantitative estimate of drug-likeness (QED) is 0.478. The Morgan fingerprint density at radius 2 is 1.81 bits per heavy atom. The van der Waals surface area contributed by atoms with Crippen molar-refractivity contribution in [1.29, 1.82) is 0 Å². The molecule has 32 heavy (non-hydrogen) atoms. The van der Waals surface area contributed by atoms with Crippen molar-refractivity contribution in [3.63, 3.8) is 0 Å². The Kier molecular flexibility index (Phi) is 6.72. The standard InChI is InChI=1S/C24H23NO5S2/c1-3-29-24(28)21-20(15-8-5-4-6-9-15)14(2)31-22(21)25-19(26)13-30-23(27)18-12-16-10-7-11-17(16)32-18/h4-6,8-9,12H,3,7,10-11,13H2,1-2H3,(H,25,26). The van der Waals surface area contributed by atoms with E-state index in [9.17, 15) is 14.4 Å². The first-order chi connectivity index (χ1) is 15.5. The highest BCUT2D eigenvalue weighted by Crippen LogP contribution is 2.40. The maximum atomic E-state index is 12.7. The van der Waals surface area contributed by atoms with Crippen LogP contribution < -0.4 is 5.32 Å². The fourth-order valence-corrected chi connectivity index (χ4v) is 6.01. The molecule has 1 aliphatic carbocycles. The maximum absolute atomic E-state index is 12.7. The molecule has 2 aromatic heterocycles. The molecular weight excluding hydrogens is 446 g/mol. The summed E-state index contributed by atoms with van der Waals surface area (Å²) in [4.78, 5) is 40.2. The summed E-state index contributed by atoms with van der Waals surface area (Å²) in [6.45, 7) is 3.41. The smallest absolute Gasteiger partial charge is 0.348 e. The van der Waals surface area contributed by atoms with Gasteiger partial charge in [-0.3, -0.25) is 4.79 Å². The van der Waals surface area contributed by atoms with E-state index < -0.39 is 24.5 Å². The third kappa shape index (κ3) is 4.61. The molecule has 0 atom stereocenters. The average molecular weight is 470 g/mol. The van der Waals surface area contributed by atoms with Gasteiger partial charge < -0.3 is 14.8 Å². The first-order valence-corrected chi connectivity index (χ1v) is 12.1. The van der Waals surface area contributed by atoms with Crippen LogP contribution in [0.5, 0.6) is 0 Å². The molecule has 1 N–H and O–H groups in total. The third-order valence-corrected chi connectivity index (χ3v) is 7.40. The van der Waals surface area contributed by atoms with E-state index in [1.54, 1.807) is 6.92 Å². The topological polar surface area (TPSA) is 81.7 Å². The molecule has 0 saturated heterocycles. The van der Waals surface area contributed by atoms with Crippen molar-refractivity contribution < 1.29 is 23.9 Å². The molecule has 0 spiro atoms. The van der Waals surface area contributed by atoms with E-state index in [4.69, 9.17) is 9.47 Å². The zero-order chi connectivity index (χ0) is 22.7. The Balaban J connectivity index is 1.49. The number of nitrogens with one attached hydrogen (secondary N) is 1. The lowest BCUT2D eigenvalue weighted by atomic mass is 10.0. The number of carbonyl (C=O) groups is 3. The van der Waals surface area contributed by atoms with E-state index >= 15 is 0 Å². The van der Waals surface area contributed by atoms with Crippen LogP contribution in [0.3, 0.4) is 0 Å². The molecule has 0 radical (unpaired) electrons. The monoisotopic (exact) mass is 469 g/mol. The van der Waals surface area contributed by atoms with Crippen LogP contribution in [0.15, 0.2) is 36.4 Å². The molecule has 0 fully saturated rings. The zero-order valence-electron chi connectivity index (χ0n) is 17.9. The van der Waals surface area contributed by atoms with Crippen molar-refractivity contribution in [2.45, 2.75) is 33.1 Å². The first-order valence-electron chi connectivity index (χ1n) is 10.4. The minimum Gasteiger partial charge on any atom is -0.462 e. The predicted molar refractivity (Wildman–Crippen MR) is 126 cm³/mol. The number of rotatable bonds is 7. The van der Waals surface area contributed by atoms with Gasteiger partial charge in [-0.2, -0.15) is 0 Å². The number of thiophene rings is 2. The highest BCUT2D eigenvalue weighted by atomic mass is 32.1. The number of benzene rings is 1. The van der Waals surface area contributed by atoms with Gasteiger partial charge in [0.2, 0.25) is 0 Å². The largest absolute Gasteiger partial charge is 0.462 e. The third-order valence-electron chi connectivity index (χ3n) is 5.16. The van der Waals surface area contributed by atoms with Crippen LogP contribution in [0, 0.1) is 6.92 Å². The molecule has 0 aliphatic heterocycles. The molecule has 2 heterocycles. The van der Waals surface area contributed by atoms with Crippen LogP contribution >= 0.6 is 22.7 Å². The van der Waals surface area contributed by atoms with E-state index in [1.807, 2.05) is 43.3 Å². The molecular formula is C24H23NO5S2. The highest BCUT2D eigenvalue weighted by molar-refractivity contribution is 7.17. The summed E-state index contributed by atoms with van der Waals surface area (Å²) >= 11 is 2.73. The number of ether oxygens (including phenoxy) is 2. The van der Waals surface area contributed by atoms with Gasteiger partial charge in [0.05, 0.1) is 6.61 Å². The van der Waals surface area contributed by atoms with Crippen LogP contribution in [0.4, 0.5) is 5.00 Å². The van der Waals surface area contributed by atoms with Gasteiger partial charge in [0, 0.05) is 15.3 Å². The molecule has 1 amide bonds. The Bertz CT molecular complexity index is 1140. The van der Waals surface area contributed by atoms with Gasteiger partial charge in [0.15, 0.2) is 6.61 Å². The fourth-order valence-electron chi connectivity index (χ4n) is 3.78. The second kappa shape index (κ2) is 9.67. The van der Waals surface area contributed by atoms with Crippen LogP contribution in [0.1, 0.15) is 48.7 Å². The summed E-state index contributed by atoms with van der Waals surface area (Å²) in [6, 6.07) is 11.3. The van der Waals surface area contributed by atoms with Crippen LogP contribution in [0.25, 0.3) is 11.1 Å². The Morgan fingerprint density at radius 1 is 1.03 bits per heavy atom. The van der Waals surface area contributed by atoms with E-state index in [2.05, 4.69) is 5.32 Å². The Hall–Kier alpha value is -2.97. The van der Waals surface area contributed by atoms with Gasteiger partial charge in [0.25, 0.3) is 5.91 Å². The molecule has 0 unspecified atom stereocenters. The summed E-state index contributed by atoms with van der Waals surface area (Å²) in [5.41, 5.74) is 3.11. The molecule has 3 aromatic rings.